The summed E-state index contributed by atoms with van der Waals surface area (Å²) in [5, 5.41) is 0. The fraction of sp³-hybridized carbons (Fsp3) is 0.556. The number of hydrogen-bond acceptors (Lipinski definition) is 2. The molecule has 0 saturated carbocycles. The van der Waals surface area contributed by atoms with Gasteiger partial charge in [0.25, 0.3) is 0 Å². The van der Waals surface area contributed by atoms with Crippen LogP contribution in [0.4, 0.5) is 5.69 Å². The van der Waals surface area contributed by atoms with E-state index in [9.17, 15) is 0 Å². The maximum absolute atomic E-state index is 6.76. The summed E-state index contributed by atoms with van der Waals surface area (Å²) in [6.07, 6.45) is 1.88. The topological polar surface area (TPSA) is 35.2 Å². The van der Waals surface area contributed by atoms with E-state index in [-0.39, 0.29) is 22.0 Å². The zero-order chi connectivity index (χ0) is 22.1. The Morgan fingerprint density at radius 1 is 0.621 bits per heavy atom. The number of anilines is 1. The van der Waals surface area contributed by atoms with Gasteiger partial charge in [0.05, 0.1) is 11.2 Å². The van der Waals surface area contributed by atoms with E-state index in [1.54, 1.807) is 0 Å². The molecule has 2 nitrogen and oxygen atoms in total. The molecule has 0 heterocycles. The molecule has 2 aromatic carbocycles. The Hall–Kier alpha value is -1.80. The van der Waals surface area contributed by atoms with E-state index in [2.05, 4.69) is 98.7 Å². The molecule has 160 valence electrons. The van der Waals surface area contributed by atoms with Crippen LogP contribution >= 0.6 is 0 Å². The summed E-state index contributed by atoms with van der Waals surface area (Å²) in [5.74, 6) is 0. The second kappa shape index (κ2) is 8.14. The molecule has 0 aliphatic carbocycles. The highest BCUT2D eigenvalue weighted by Gasteiger charge is 2.38. The van der Waals surface area contributed by atoms with Gasteiger partial charge in [-0.1, -0.05) is 69.7 Å². The van der Waals surface area contributed by atoms with E-state index in [0.717, 1.165) is 18.5 Å². The van der Waals surface area contributed by atoms with Crippen LogP contribution in [0.25, 0.3) is 0 Å². The van der Waals surface area contributed by atoms with Crippen LogP contribution in [-0.2, 0) is 15.6 Å². The molecule has 0 aliphatic rings. The summed E-state index contributed by atoms with van der Waals surface area (Å²) in [7, 11) is 0. The minimum Gasteiger partial charge on any atom is -0.399 e. The largest absolute Gasteiger partial charge is 0.399 e. The first-order valence-corrected chi connectivity index (χ1v) is 10.8. The standard InChI is InChI=1S/C27H41NO/c1-20-10-12-21(13-11-20)24(2,3)18-26(6,7)29-27(8,9)19-25(4,5)22-14-16-23(28)17-15-22/h10-17H,18-19,28H2,1-9H3. The van der Waals surface area contributed by atoms with Gasteiger partial charge in [-0.15, -0.1) is 0 Å². The number of benzene rings is 2. The average molecular weight is 396 g/mol. The maximum atomic E-state index is 6.76. The molecule has 0 radical (unpaired) electrons. The van der Waals surface area contributed by atoms with Gasteiger partial charge in [0.2, 0.25) is 0 Å². The zero-order valence-corrected chi connectivity index (χ0v) is 20.0. The molecular weight excluding hydrogens is 354 g/mol. The van der Waals surface area contributed by atoms with Crippen molar-refractivity contribution in [1.82, 2.24) is 0 Å². The molecule has 0 fully saturated rings. The molecule has 0 amide bonds. The third kappa shape index (κ3) is 6.60. The van der Waals surface area contributed by atoms with Gasteiger partial charge in [-0.25, -0.2) is 0 Å². The lowest BCUT2D eigenvalue weighted by atomic mass is 9.74. The Labute approximate surface area is 178 Å². The maximum Gasteiger partial charge on any atom is 0.0642 e. The number of aryl methyl sites for hydroxylation is 1. The minimum atomic E-state index is -0.252. The molecule has 0 aliphatic heterocycles. The van der Waals surface area contributed by atoms with Gasteiger partial charge in [-0.05, 0) is 81.5 Å². The van der Waals surface area contributed by atoms with Gasteiger partial charge in [0.15, 0.2) is 0 Å². The molecule has 0 atom stereocenters. The van der Waals surface area contributed by atoms with Crippen LogP contribution in [0.2, 0.25) is 0 Å². The van der Waals surface area contributed by atoms with Crippen LogP contribution in [0, 0.1) is 6.92 Å². The Kier molecular flexibility index (Phi) is 6.59. The number of hydrogen-bond donors (Lipinski definition) is 1. The molecule has 0 bridgehead atoms. The molecule has 2 N–H and O–H groups in total. The van der Waals surface area contributed by atoms with Gasteiger partial charge in [0, 0.05) is 5.69 Å². The Morgan fingerprint density at radius 3 is 1.34 bits per heavy atom. The molecule has 29 heavy (non-hydrogen) atoms. The summed E-state index contributed by atoms with van der Waals surface area (Å²) in [6, 6.07) is 17.1. The van der Waals surface area contributed by atoms with E-state index in [4.69, 9.17) is 10.5 Å². The third-order valence-electron chi connectivity index (χ3n) is 5.81. The van der Waals surface area contributed by atoms with Gasteiger partial charge in [0.1, 0.15) is 0 Å². The third-order valence-corrected chi connectivity index (χ3v) is 5.81. The van der Waals surface area contributed by atoms with Crippen molar-refractivity contribution in [3.05, 3.63) is 65.2 Å². The molecule has 0 unspecified atom stereocenters. The van der Waals surface area contributed by atoms with Crippen LogP contribution in [0.15, 0.2) is 48.5 Å². The summed E-state index contributed by atoms with van der Waals surface area (Å²) >= 11 is 0. The van der Waals surface area contributed by atoms with Crippen molar-refractivity contribution in [2.24, 2.45) is 0 Å². The highest BCUT2D eigenvalue weighted by molar-refractivity contribution is 5.41. The van der Waals surface area contributed by atoms with E-state index in [1.807, 2.05) is 12.1 Å². The van der Waals surface area contributed by atoms with Crippen molar-refractivity contribution >= 4 is 5.69 Å². The Morgan fingerprint density at radius 2 is 0.966 bits per heavy atom. The SMILES string of the molecule is Cc1ccc(C(C)(C)CC(C)(C)OC(C)(C)CC(C)(C)c2ccc(N)cc2)cc1. The first kappa shape index (κ1) is 23.5. The highest BCUT2D eigenvalue weighted by Crippen LogP contribution is 2.40. The molecule has 0 saturated heterocycles. The minimum absolute atomic E-state index is 0.000243. The number of rotatable bonds is 8. The van der Waals surface area contributed by atoms with Crippen molar-refractivity contribution < 1.29 is 4.74 Å². The van der Waals surface area contributed by atoms with Gasteiger partial charge in [-0.3, -0.25) is 0 Å². The molecule has 2 heteroatoms. The zero-order valence-electron chi connectivity index (χ0n) is 20.0. The monoisotopic (exact) mass is 395 g/mol. The van der Waals surface area contributed by atoms with E-state index >= 15 is 0 Å². The molecule has 0 aromatic heterocycles. The first-order chi connectivity index (χ1) is 13.1. The number of nitrogens with two attached hydrogens (primary N) is 1. The summed E-state index contributed by atoms with van der Waals surface area (Å²) in [5.41, 5.74) is 10.2. The lowest BCUT2D eigenvalue weighted by Gasteiger charge is -2.43. The van der Waals surface area contributed by atoms with Crippen molar-refractivity contribution in [2.75, 3.05) is 5.73 Å². The molecule has 2 aromatic rings. The average Bonchev–Trinajstić information content (AvgIpc) is 2.52. The lowest BCUT2D eigenvalue weighted by molar-refractivity contribution is -0.141. The predicted octanol–water partition coefficient (Wildman–Crippen LogP) is 7.19. The predicted molar refractivity (Wildman–Crippen MR) is 127 cm³/mol. The van der Waals surface area contributed by atoms with E-state index < -0.39 is 0 Å². The van der Waals surface area contributed by atoms with E-state index in [0.29, 0.717) is 0 Å². The van der Waals surface area contributed by atoms with Crippen LogP contribution in [0.1, 0.15) is 84.9 Å². The Balaban J connectivity index is 2.12. The number of ether oxygens (including phenoxy) is 1. The van der Waals surface area contributed by atoms with Gasteiger partial charge in [-0.2, -0.15) is 0 Å². The summed E-state index contributed by atoms with van der Waals surface area (Å²) in [6.45, 7) is 20.2. The van der Waals surface area contributed by atoms with Crippen LogP contribution in [-0.4, -0.2) is 11.2 Å². The van der Waals surface area contributed by atoms with Crippen molar-refractivity contribution in [1.29, 1.82) is 0 Å². The van der Waals surface area contributed by atoms with Crippen LogP contribution in [0.5, 0.6) is 0 Å². The fourth-order valence-electron chi connectivity index (χ4n) is 5.09. The van der Waals surface area contributed by atoms with Crippen molar-refractivity contribution in [3.8, 4) is 0 Å². The van der Waals surface area contributed by atoms with Gasteiger partial charge >= 0.3 is 0 Å². The lowest BCUT2D eigenvalue weighted by Crippen LogP contribution is -2.43. The van der Waals surface area contributed by atoms with Crippen LogP contribution in [0.3, 0.4) is 0 Å². The van der Waals surface area contributed by atoms with Crippen molar-refractivity contribution in [3.63, 3.8) is 0 Å². The van der Waals surface area contributed by atoms with Crippen LogP contribution < -0.4 is 5.73 Å². The highest BCUT2D eigenvalue weighted by atomic mass is 16.5. The normalized spacial score (nSPS) is 13.6. The first-order valence-electron chi connectivity index (χ1n) is 10.8. The summed E-state index contributed by atoms with van der Waals surface area (Å²) < 4.78 is 6.76. The second-order valence-corrected chi connectivity index (χ2v) is 11.2. The number of nitrogen functional groups attached to an aromatic ring is 1. The molecule has 0 spiro atoms. The second-order valence-electron chi connectivity index (χ2n) is 11.2. The Bertz CT molecular complexity index is 726. The fourth-order valence-corrected chi connectivity index (χ4v) is 5.09. The molecule has 2 rings (SSSR count). The van der Waals surface area contributed by atoms with Crippen molar-refractivity contribution in [2.45, 2.75) is 97.2 Å². The van der Waals surface area contributed by atoms with Gasteiger partial charge < -0.3 is 10.5 Å². The smallest absolute Gasteiger partial charge is 0.0642 e. The summed E-state index contributed by atoms with van der Waals surface area (Å²) in [4.78, 5) is 0. The molecular formula is C27H41NO. The van der Waals surface area contributed by atoms with E-state index in [1.165, 1.54) is 16.7 Å². The quantitative estimate of drug-likeness (QED) is 0.480.